The zero-order valence-electron chi connectivity index (χ0n) is 11.2. The SMILES string of the molecule is C=CCOC(=O)CC(CC)(CC)C(=O)OCC=C. The number of ether oxygens (including phenoxy) is 2. The molecule has 0 radical (unpaired) electrons. The van der Waals surface area contributed by atoms with E-state index in [1.807, 2.05) is 13.8 Å². The van der Waals surface area contributed by atoms with Gasteiger partial charge >= 0.3 is 11.9 Å². The van der Waals surface area contributed by atoms with Crippen molar-refractivity contribution in [2.75, 3.05) is 13.2 Å². The minimum absolute atomic E-state index is 0.0316. The molecule has 0 aromatic rings. The van der Waals surface area contributed by atoms with Gasteiger partial charge in [0, 0.05) is 0 Å². The van der Waals surface area contributed by atoms with Crippen LogP contribution in [0.1, 0.15) is 33.1 Å². The van der Waals surface area contributed by atoms with Crippen LogP contribution in [-0.2, 0) is 19.1 Å². The average Bonchev–Trinajstić information content (AvgIpc) is 2.39. The molecule has 0 bridgehead atoms. The van der Waals surface area contributed by atoms with E-state index in [2.05, 4.69) is 13.2 Å². The molecule has 0 amide bonds. The first-order valence-corrected chi connectivity index (χ1v) is 6.11. The molecule has 0 aromatic heterocycles. The van der Waals surface area contributed by atoms with Crippen LogP contribution >= 0.6 is 0 Å². The molecule has 0 saturated heterocycles. The quantitative estimate of drug-likeness (QED) is 0.469. The molecule has 0 heterocycles. The first kappa shape index (κ1) is 16.4. The Bertz CT molecular complexity index is 303. The zero-order chi connectivity index (χ0) is 14.0. The summed E-state index contributed by atoms with van der Waals surface area (Å²) in [5.74, 6) is -0.780. The van der Waals surface area contributed by atoms with E-state index in [4.69, 9.17) is 9.47 Å². The average molecular weight is 254 g/mol. The highest BCUT2D eigenvalue weighted by atomic mass is 16.5. The van der Waals surface area contributed by atoms with Crippen LogP contribution in [-0.4, -0.2) is 25.2 Å². The number of carbonyl (C=O) groups is 2. The standard InChI is InChI=1S/C14H22O4/c1-5-9-17-12(15)11-14(7-3,8-4)13(16)18-10-6-2/h5-6H,1-2,7-11H2,3-4H3. The molecule has 4 nitrogen and oxygen atoms in total. The maximum atomic E-state index is 12.0. The molecular formula is C14H22O4. The minimum Gasteiger partial charge on any atom is -0.461 e. The minimum atomic E-state index is -0.804. The van der Waals surface area contributed by atoms with E-state index in [0.29, 0.717) is 12.8 Å². The molecule has 0 spiro atoms. The number of hydrogen-bond donors (Lipinski definition) is 0. The van der Waals surface area contributed by atoms with Crippen molar-refractivity contribution in [1.82, 2.24) is 0 Å². The fraction of sp³-hybridized carbons (Fsp3) is 0.571. The van der Waals surface area contributed by atoms with Crippen LogP contribution < -0.4 is 0 Å². The molecule has 0 aromatic carbocycles. The van der Waals surface area contributed by atoms with Crippen molar-refractivity contribution in [3.63, 3.8) is 0 Å². The molecule has 0 saturated carbocycles. The summed E-state index contributed by atoms with van der Waals surface area (Å²) in [4.78, 5) is 23.6. The van der Waals surface area contributed by atoms with Gasteiger partial charge in [-0.3, -0.25) is 9.59 Å². The lowest BCUT2D eigenvalue weighted by Gasteiger charge is -2.27. The summed E-state index contributed by atoms with van der Waals surface area (Å²) in [5.41, 5.74) is -0.804. The molecule has 0 unspecified atom stereocenters. The number of carbonyl (C=O) groups excluding carboxylic acids is 2. The number of hydrogen-bond acceptors (Lipinski definition) is 4. The molecule has 0 aliphatic heterocycles. The Kier molecular flexibility index (Phi) is 7.76. The maximum absolute atomic E-state index is 12.0. The third-order valence-corrected chi connectivity index (χ3v) is 2.96. The van der Waals surface area contributed by atoms with Crippen molar-refractivity contribution >= 4 is 11.9 Å². The van der Waals surface area contributed by atoms with Crippen LogP contribution in [0.5, 0.6) is 0 Å². The second kappa shape index (κ2) is 8.50. The van der Waals surface area contributed by atoms with Crippen LogP contribution in [0.4, 0.5) is 0 Å². The van der Waals surface area contributed by atoms with Gasteiger partial charge in [0.25, 0.3) is 0 Å². The van der Waals surface area contributed by atoms with E-state index in [1.54, 1.807) is 0 Å². The zero-order valence-corrected chi connectivity index (χ0v) is 11.2. The van der Waals surface area contributed by atoms with Crippen LogP contribution in [0.25, 0.3) is 0 Å². The Morgan fingerprint density at radius 3 is 2.00 bits per heavy atom. The summed E-state index contributed by atoms with van der Waals surface area (Å²) in [6.07, 6.45) is 4.09. The lowest BCUT2D eigenvalue weighted by Crippen LogP contribution is -2.35. The molecule has 102 valence electrons. The van der Waals surface area contributed by atoms with Gasteiger partial charge in [0.15, 0.2) is 0 Å². The molecule has 0 N–H and O–H groups in total. The highest BCUT2D eigenvalue weighted by molar-refractivity contribution is 5.83. The first-order chi connectivity index (χ1) is 8.56. The van der Waals surface area contributed by atoms with Gasteiger partial charge in [-0.15, -0.1) is 0 Å². The van der Waals surface area contributed by atoms with E-state index in [0.717, 1.165) is 0 Å². The molecule has 18 heavy (non-hydrogen) atoms. The van der Waals surface area contributed by atoms with Gasteiger partial charge in [0.05, 0.1) is 11.8 Å². The van der Waals surface area contributed by atoms with Crippen molar-refractivity contribution < 1.29 is 19.1 Å². The largest absolute Gasteiger partial charge is 0.461 e. The molecule has 0 aliphatic rings. The van der Waals surface area contributed by atoms with Gasteiger partial charge in [-0.2, -0.15) is 0 Å². The maximum Gasteiger partial charge on any atom is 0.312 e. The fourth-order valence-electron chi connectivity index (χ4n) is 1.63. The highest BCUT2D eigenvalue weighted by Gasteiger charge is 2.39. The topological polar surface area (TPSA) is 52.6 Å². The lowest BCUT2D eigenvalue weighted by atomic mass is 9.79. The van der Waals surface area contributed by atoms with Crippen molar-refractivity contribution in [2.45, 2.75) is 33.1 Å². The smallest absolute Gasteiger partial charge is 0.312 e. The summed E-state index contributed by atoms with van der Waals surface area (Å²) in [7, 11) is 0. The second-order valence-corrected chi connectivity index (χ2v) is 4.02. The van der Waals surface area contributed by atoms with Crippen molar-refractivity contribution in [3.05, 3.63) is 25.3 Å². The van der Waals surface area contributed by atoms with E-state index < -0.39 is 11.4 Å². The monoisotopic (exact) mass is 254 g/mol. The van der Waals surface area contributed by atoms with Crippen molar-refractivity contribution in [1.29, 1.82) is 0 Å². The van der Waals surface area contributed by atoms with E-state index in [-0.39, 0.29) is 25.6 Å². The Labute approximate surface area is 109 Å². The third kappa shape index (κ3) is 4.73. The van der Waals surface area contributed by atoms with Crippen LogP contribution in [0.2, 0.25) is 0 Å². The van der Waals surface area contributed by atoms with Gasteiger partial charge < -0.3 is 9.47 Å². The summed E-state index contributed by atoms with van der Waals surface area (Å²) in [5, 5.41) is 0. The van der Waals surface area contributed by atoms with Crippen LogP contribution in [0, 0.1) is 5.41 Å². The Balaban J connectivity index is 4.68. The molecular weight excluding hydrogens is 232 g/mol. The summed E-state index contributed by atoms with van der Waals surface area (Å²) in [6, 6.07) is 0. The molecule has 0 aliphatic carbocycles. The lowest BCUT2D eigenvalue weighted by molar-refractivity contribution is -0.162. The normalized spacial score (nSPS) is 10.6. The molecule has 0 fully saturated rings. The van der Waals surface area contributed by atoms with Gasteiger partial charge in [0.1, 0.15) is 13.2 Å². The Morgan fingerprint density at radius 2 is 1.56 bits per heavy atom. The Morgan fingerprint density at radius 1 is 1.06 bits per heavy atom. The van der Waals surface area contributed by atoms with Gasteiger partial charge in [0.2, 0.25) is 0 Å². The fourth-order valence-corrected chi connectivity index (χ4v) is 1.63. The van der Waals surface area contributed by atoms with Gasteiger partial charge in [-0.05, 0) is 12.8 Å². The Hall–Kier alpha value is -1.58. The first-order valence-electron chi connectivity index (χ1n) is 6.11. The van der Waals surface area contributed by atoms with Crippen LogP contribution in [0.15, 0.2) is 25.3 Å². The van der Waals surface area contributed by atoms with Crippen molar-refractivity contribution in [2.24, 2.45) is 5.41 Å². The van der Waals surface area contributed by atoms with E-state index >= 15 is 0 Å². The predicted molar refractivity (Wildman–Crippen MR) is 69.9 cm³/mol. The van der Waals surface area contributed by atoms with Gasteiger partial charge in [-0.1, -0.05) is 39.2 Å². The molecule has 0 rings (SSSR count). The van der Waals surface area contributed by atoms with E-state index in [1.165, 1.54) is 12.2 Å². The molecule has 4 heteroatoms. The summed E-state index contributed by atoms with van der Waals surface area (Å²) in [6.45, 7) is 11.0. The van der Waals surface area contributed by atoms with Crippen molar-refractivity contribution in [3.8, 4) is 0 Å². The summed E-state index contributed by atoms with van der Waals surface area (Å²) >= 11 is 0. The number of rotatable bonds is 9. The second-order valence-electron chi connectivity index (χ2n) is 4.02. The third-order valence-electron chi connectivity index (χ3n) is 2.96. The van der Waals surface area contributed by atoms with E-state index in [9.17, 15) is 9.59 Å². The van der Waals surface area contributed by atoms with Gasteiger partial charge in [-0.25, -0.2) is 0 Å². The highest BCUT2D eigenvalue weighted by Crippen LogP contribution is 2.32. The van der Waals surface area contributed by atoms with Crippen LogP contribution in [0.3, 0.4) is 0 Å². The molecule has 0 atom stereocenters. The predicted octanol–water partition coefficient (Wildman–Crippen LogP) is 2.64. The summed E-state index contributed by atoms with van der Waals surface area (Å²) < 4.78 is 9.98. The number of esters is 2.